The lowest BCUT2D eigenvalue weighted by Crippen LogP contribution is -2.52. The lowest BCUT2D eigenvalue weighted by Gasteiger charge is -2.38. The molecule has 3 atom stereocenters. The summed E-state index contributed by atoms with van der Waals surface area (Å²) in [7, 11) is 0. The number of benzene rings is 1. The summed E-state index contributed by atoms with van der Waals surface area (Å²) in [5, 5.41) is 3.15. The Labute approximate surface area is 186 Å². The van der Waals surface area contributed by atoms with E-state index in [1.807, 2.05) is 33.8 Å². The molecule has 172 valence electrons. The molecular weight excluding hydrogens is 394 g/mol. The average molecular weight is 432 g/mol. The van der Waals surface area contributed by atoms with Gasteiger partial charge in [0.2, 0.25) is 5.91 Å². The second-order valence-electron chi connectivity index (χ2n) is 9.73. The summed E-state index contributed by atoms with van der Waals surface area (Å²) in [6, 6.07) is 10.5. The first-order chi connectivity index (χ1) is 14.7. The number of morpholine rings is 1. The van der Waals surface area contributed by atoms with Crippen molar-refractivity contribution in [1.82, 2.24) is 15.1 Å². The van der Waals surface area contributed by atoms with Crippen molar-refractivity contribution in [3.8, 4) is 0 Å². The minimum atomic E-state index is -0.504. The number of hydrogen-bond donors (Lipinski definition) is 1. The van der Waals surface area contributed by atoms with Gasteiger partial charge in [-0.1, -0.05) is 30.3 Å². The van der Waals surface area contributed by atoms with Gasteiger partial charge in [0.25, 0.3) is 0 Å². The fourth-order valence-corrected chi connectivity index (χ4v) is 4.28. The van der Waals surface area contributed by atoms with Crippen molar-refractivity contribution in [2.75, 3.05) is 26.2 Å². The number of carbonyl (C=O) groups excluding carboxylic acids is 2. The van der Waals surface area contributed by atoms with Crippen molar-refractivity contribution < 1.29 is 19.1 Å². The first kappa shape index (κ1) is 23.5. The Bertz CT molecular complexity index is 734. The number of amides is 2. The van der Waals surface area contributed by atoms with Crippen molar-refractivity contribution in [2.45, 2.75) is 77.3 Å². The van der Waals surface area contributed by atoms with Gasteiger partial charge in [-0.2, -0.15) is 0 Å². The third-order valence-corrected chi connectivity index (χ3v) is 5.75. The molecule has 0 saturated carbocycles. The normalized spacial score (nSPS) is 25.2. The summed E-state index contributed by atoms with van der Waals surface area (Å²) in [6.07, 6.45) is 1.47. The maximum atomic E-state index is 12.6. The van der Waals surface area contributed by atoms with Crippen LogP contribution in [0.25, 0.3) is 0 Å². The average Bonchev–Trinajstić information content (AvgIpc) is 2.67. The van der Waals surface area contributed by atoms with Crippen molar-refractivity contribution in [1.29, 1.82) is 0 Å². The lowest BCUT2D eigenvalue weighted by molar-refractivity contribution is -0.127. The lowest BCUT2D eigenvalue weighted by atomic mass is 9.98. The van der Waals surface area contributed by atoms with Crippen LogP contribution >= 0.6 is 0 Å². The second kappa shape index (κ2) is 10.5. The number of likely N-dealkylation sites (tertiary alicyclic amines) is 1. The number of nitrogens with one attached hydrogen (secondary N) is 1. The molecule has 2 heterocycles. The summed E-state index contributed by atoms with van der Waals surface area (Å²) in [5.74, 6) is 0.0227. The Balaban J connectivity index is 1.42. The van der Waals surface area contributed by atoms with Gasteiger partial charge in [0, 0.05) is 38.3 Å². The van der Waals surface area contributed by atoms with Gasteiger partial charge in [-0.05, 0) is 46.1 Å². The summed E-state index contributed by atoms with van der Waals surface area (Å²) in [4.78, 5) is 29.1. The van der Waals surface area contributed by atoms with Crippen molar-refractivity contribution in [3.63, 3.8) is 0 Å². The molecular formula is C24H37N3O4. The Kier molecular flexibility index (Phi) is 7.94. The van der Waals surface area contributed by atoms with Crippen molar-refractivity contribution in [2.24, 2.45) is 0 Å². The smallest absolute Gasteiger partial charge is 0.410 e. The van der Waals surface area contributed by atoms with Gasteiger partial charge in [-0.3, -0.25) is 9.69 Å². The van der Waals surface area contributed by atoms with Crippen LogP contribution in [0.2, 0.25) is 0 Å². The molecule has 1 aromatic carbocycles. The highest BCUT2D eigenvalue weighted by molar-refractivity contribution is 5.77. The van der Waals surface area contributed by atoms with Gasteiger partial charge in [-0.25, -0.2) is 4.79 Å². The van der Waals surface area contributed by atoms with E-state index < -0.39 is 5.60 Å². The van der Waals surface area contributed by atoms with Crippen LogP contribution in [0.15, 0.2) is 30.3 Å². The minimum Gasteiger partial charge on any atom is -0.444 e. The van der Waals surface area contributed by atoms with Crippen LogP contribution in [-0.4, -0.2) is 71.8 Å². The first-order valence-corrected chi connectivity index (χ1v) is 11.4. The topological polar surface area (TPSA) is 71.1 Å². The van der Waals surface area contributed by atoms with E-state index in [9.17, 15) is 9.59 Å². The number of carbonyl (C=O) groups is 2. The first-order valence-electron chi connectivity index (χ1n) is 11.4. The van der Waals surface area contributed by atoms with Crippen LogP contribution < -0.4 is 5.32 Å². The van der Waals surface area contributed by atoms with Gasteiger partial charge in [-0.15, -0.1) is 0 Å². The SMILES string of the molecule is CC1CC(NC(=O)CC2CN(Cc3ccccc3)CCO2)CCN1C(=O)OC(C)(C)C. The maximum Gasteiger partial charge on any atom is 0.410 e. The van der Waals surface area contributed by atoms with E-state index >= 15 is 0 Å². The van der Waals surface area contributed by atoms with Crippen LogP contribution in [0.1, 0.15) is 52.5 Å². The highest BCUT2D eigenvalue weighted by atomic mass is 16.6. The van der Waals surface area contributed by atoms with Crippen molar-refractivity contribution in [3.05, 3.63) is 35.9 Å². The summed E-state index contributed by atoms with van der Waals surface area (Å²) >= 11 is 0. The molecule has 3 rings (SSSR count). The Morgan fingerprint density at radius 2 is 1.94 bits per heavy atom. The van der Waals surface area contributed by atoms with E-state index in [2.05, 4.69) is 34.5 Å². The molecule has 2 aliphatic heterocycles. The molecule has 0 aromatic heterocycles. The molecule has 0 bridgehead atoms. The fraction of sp³-hybridized carbons (Fsp3) is 0.667. The molecule has 7 nitrogen and oxygen atoms in total. The third-order valence-electron chi connectivity index (χ3n) is 5.75. The van der Waals surface area contributed by atoms with Crippen molar-refractivity contribution >= 4 is 12.0 Å². The van der Waals surface area contributed by atoms with Gasteiger partial charge < -0.3 is 19.7 Å². The van der Waals surface area contributed by atoms with Gasteiger partial charge in [0.15, 0.2) is 0 Å². The monoisotopic (exact) mass is 431 g/mol. The standard InChI is InChI=1S/C24H37N3O4/c1-18-14-20(10-11-27(18)23(29)31-24(2,3)4)25-22(28)15-21-17-26(12-13-30-21)16-19-8-6-5-7-9-19/h5-9,18,20-21H,10-17H2,1-4H3,(H,25,28). The van der Waals surface area contributed by atoms with Gasteiger partial charge >= 0.3 is 6.09 Å². The molecule has 1 aromatic rings. The number of ether oxygens (including phenoxy) is 2. The van der Waals surface area contributed by atoms with Gasteiger partial charge in [0.05, 0.1) is 19.1 Å². The van der Waals surface area contributed by atoms with E-state index in [1.54, 1.807) is 4.90 Å². The quantitative estimate of drug-likeness (QED) is 0.775. The summed E-state index contributed by atoms with van der Waals surface area (Å²) in [6.45, 7) is 11.4. The van der Waals surface area contributed by atoms with E-state index in [1.165, 1.54) is 5.56 Å². The molecule has 2 fully saturated rings. The molecule has 2 amide bonds. The predicted molar refractivity (Wildman–Crippen MR) is 120 cm³/mol. The Morgan fingerprint density at radius 1 is 1.19 bits per heavy atom. The minimum absolute atomic E-state index is 0.0227. The molecule has 31 heavy (non-hydrogen) atoms. The third kappa shape index (κ3) is 7.51. The molecule has 1 N–H and O–H groups in total. The molecule has 2 aliphatic rings. The van der Waals surface area contributed by atoms with Crippen LogP contribution in [-0.2, 0) is 20.8 Å². The van der Waals surface area contributed by atoms with Crippen LogP contribution in [0.5, 0.6) is 0 Å². The zero-order chi connectivity index (χ0) is 22.4. The van der Waals surface area contributed by atoms with E-state index in [0.29, 0.717) is 19.6 Å². The number of rotatable bonds is 5. The molecule has 7 heteroatoms. The van der Waals surface area contributed by atoms with Crippen LogP contribution in [0.3, 0.4) is 0 Å². The molecule has 0 spiro atoms. The van der Waals surface area contributed by atoms with E-state index in [4.69, 9.17) is 9.47 Å². The largest absolute Gasteiger partial charge is 0.444 e. The Hall–Kier alpha value is -2.12. The van der Waals surface area contributed by atoms with E-state index in [-0.39, 0.29) is 30.2 Å². The highest BCUT2D eigenvalue weighted by Gasteiger charge is 2.33. The zero-order valence-corrected chi connectivity index (χ0v) is 19.3. The zero-order valence-electron chi connectivity index (χ0n) is 19.3. The van der Waals surface area contributed by atoms with Crippen LogP contribution in [0, 0.1) is 0 Å². The Morgan fingerprint density at radius 3 is 2.61 bits per heavy atom. The van der Waals surface area contributed by atoms with Gasteiger partial charge in [0.1, 0.15) is 5.60 Å². The highest BCUT2D eigenvalue weighted by Crippen LogP contribution is 2.21. The predicted octanol–water partition coefficient (Wildman–Crippen LogP) is 3.18. The number of nitrogens with zero attached hydrogens (tertiary/aromatic N) is 2. The maximum absolute atomic E-state index is 12.6. The number of piperidine rings is 1. The molecule has 0 radical (unpaired) electrons. The number of hydrogen-bond acceptors (Lipinski definition) is 5. The molecule has 0 aliphatic carbocycles. The molecule has 2 saturated heterocycles. The summed E-state index contributed by atoms with van der Waals surface area (Å²) < 4.78 is 11.3. The van der Waals surface area contributed by atoms with E-state index in [0.717, 1.165) is 32.5 Å². The fourth-order valence-electron chi connectivity index (χ4n) is 4.28. The summed E-state index contributed by atoms with van der Waals surface area (Å²) in [5.41, 5.74) is 0.773. The van der Waals surface area contributed by atoms with Crippen LogP contribution in [0.4, 0.5) is 4.79 Å². The molecule has 3 unspecified atom stereocenters. The second-order valence-corrected chi connectivity index (χ2v) is 9.73.